The van der Waals surface area contributed by atoms with Crippen LogP contribution in [0.4, 0.5) is 5.69 Å². The molecule has 1 aromatic carbocycles. The smallest absolute Gasteiger partial charge is 0.310 e. The molecule has 5 rings (SSSR count). The number of hydrogen-bond acceptors (Lipinski definition) is 5. The minimum Gasteiger partial charge on any atom is -0.461 e. The van der Waals surface area contributed by atoms with E-state index in [0.717, 1.165) is 18.5 Å². The molecule has 4 atom stereocenters. The third-order valence-corrected chi connectivity index (χ3v) is 9.75. The van der Waals surface area contributed by atoms with Gasteiger partial charge in [-0.15, -0.1) is 23.5 Å². The van der Waals surface area contributed by atoms with Crippen molar-refractivity contribution in [1.82, 2.24) is 0 Å². The Hall–Kier alpha value is -1.40. The number of thioether (sulfide) groups is 2. The van der Waals surface area contributed by atoms with Crippen molar-refractivity contribution < 1.29 is 14.3 Å². The van der Waals surface area contributed by atoms with E-state index < -0.39 is 0 Å². The molecule has 2 aliphatic carbocycles. The summed E-state index contributed by atoms with van der Waals surface area (Å²) in [5, 5.41) is 3.00. The van der Waals surface area contributed by atoms with E-state index in [1.807, 2.05) is 53.9 Å². The summed E-state index contributed by atoms with van der Waals surface area (Å²) in [5.74, 6) is 1.52. The number of allylic oxidation sites excluding steroid dienone is 1. The predicted molar refractivity (Wildman–Crippen MR) is 110 cm³/mol. The van der Waals surface area contributed by atoms with Crippen LogP contribution in [0.15, 0.2) is 42.0 Å². The maximum atomic E-state index is 13.0. The summed E-state index contributed by atoms with van der Waals surface area (Å²) < 4.78 is 5.87. The minimum absolute atomic E-state index is 0.0465. The molecule has 27 heavy (non-hydrogen) atoms. The summed E-state index contributed by atoms with van der Waals surface area (Å²) in [4.78, 5) is 25.7. The number of rotatable bonds is 2. The second-order valence-corrected chi connectivity index (χ2v) is 10.8. The van der Waals surface area contributed by atoms with Gasteiger partial charge in [-0.25, -0.2) is 0 Å². The predicted octanol–water partition coefficient (Wildman–Crippen LogP) is 4.09. The molecule has 4 aliphatic rings. The van der Waals surface area contributed by atoms with Crippen LogP contribution in [0.5, 0.6) is 0 Å². The molecule has 1 amide bonds. The Morgan fingerprint density at radius 3 is 2.70 bits per heavy atom. The zero-order valence-electron chi connectivity index (χ0n) is 15.1. The van der Waals surface area contributed by atoms with Crippen LogP contribution in [-0.4, -0.2) is 33.6 Å². The second kappa shape index (κ2) is 6.89. The number of nitrogens with one attached hydrogen (secondary N) is 1. The molecule has 1 N–H and O–H groups in total. The summed E-state index contributed by atoms with van der Waals surface area (Å²) in [5.41, 5.74) is 2.16. The van der Waals surface area contributed by atoms with Gasteiger partial charge in [-0.1, -0.05) is 24.3 Å². The standard InChI is InChI=1S/C21H23NO3S2/c23-19(22-13-5-2-1-3-6-13)14-7-8-15-18-16(25-20(24)17(14)18)9-10-21(15)26-11-4-12-27-21/h1-3,5-6,8,14,16-18H,4,7,9-12H2,(H,22,23)/t14-,16+,17-,18-/m0/s1. The fraction of sp³-hybridized carbons (Fsp3) is 0.524. The highest BCUT2D eigenvalue weighted by molar-refractivity contribution is 8.19. The Kier molecular flexibility index (Phi) is 4.51. The maximum Gasteiger partial charge on any atom is 0.310 e. The molecule has 6 heteroatoms. The zero-order chi connectivity index (χ0) is 18.4. The fourth-order valence-electron chi connectivity index (χ4n) is 5.06. The van der Waals surface area contributed by atoms with E-state index in [1.54, 1.807) is 0 Å². The molecule has 142 valence electrons. The van der Waals surface area contributed by atoms with Gasteiger partial charge in [0.1, 0.15) is 6.10 Å². The fourth-order valence-corrected chi connectivity index (χ4v) is 8.61. The van der Waals surface area contributed by atoms with Crippen LogP contribution in [0.2, 0.25) is 0 Å². The summed E-state index contributed by atoms with van der Waals surface area (Å²) in [6.07, 6.45) is 6.08. The average molecular weight is 402 g/mol. The topological polar surface area (TPSA) is 55.4 Å². The summed E-state index contributed by atoms with van der Waals surface area (Å²) in [6.45, 7) is 0. The molecule has 0 radical (unpaired) electrons. The Balaban J connectivity index is 1.45. The monoisotopic (exact) mass is 401 g/mol. The number of hydrogen-bond donors (Lipinski definition) is 1. The molecule has 1 aromatic rings. The van der Waals surface area contributed by atoms with Gasteiger partial charge in [-0.2, -0.15) is 0 Å². The van der Waals surface area contributed by atoms with E-state index in [0.29, 0.717) is 6.42 Å². The van der Waals surface area contributed by atoms with Crippen LogP contribution in [0.3, 0.4) is 0 Å². The zero-order valence-corrected chi connectivity index (χ0v) is 16.7. The van der Waals surface area contributed by atoms with Gasteiger partial charge in [0, 0.05) is 11.6 Å². The lowest BCUT2D eigenvalue weighted by Gasteiger charge is -2.48. The highest BCUT2D eigenvalue weighted by atomic mass is 32.2. The quantitative estimate of drug-likeness (QED) is 0.598. The van der Waals surface area contributed by atoms with Crippen molar-refractivity contribution >= 4 is 41.1 Å². The first-order chi connectivity index (χ1) is 13.2. The Bertz CT molecular complexity index is 788. The van der Waals surface area contributed by atoms with Gasteiger partial charge in [-0.3, -0.25) is 9.59 Å². The Labute approximate surface area is 167 Å². The van der Waals surface area contributed by atoms with E-state index in [4.69, 9.17) is 4.74 Å². The first-order valence-corrected chi connectivity index (χ1v) is 11.7. The number of amides is 1. The molecule has 1 saturated carbocycles. The van der Waals surface area contributed by atoms with Crippen molar-refractivity contribution in [2.45, 2.75) is 35.9 Å². The SMILES string of the molecule is O=C1O[C@@H]2CCC3(SCCCS3)C3=CC[C@H](C(=O)Nc4ccccc4)[C@H]1[C@@H]32. The van der Waals surface area contributed by atoms with Crippen LogP contribution in [-0.2, 0) is 14.3 Å². The molecule has 0 aromatic heterocycles. The van der Waals surface area contributed by atoms with Gasteiger partial charge in [0.15, 0.2) is 0 Å². The lowest BCUT2D eigenvalue weighted by Crippen LogP contribution is -2.47. The number of ether oxygens (including phenoxy) is 1. The molecule has 4 nitrogen and oxygen atoms in total. The van der Waals surface area contributed by atoms with Crippen molar-refractivity contribution in [1.29, 1.82) is 0 Å². The van der Waals surface area contributed by atoms with Crippen LogP contribution < -0.4 is 5.32 Å². The summed E-state index contributed by atoms with van der Waals surface area (Å²) in [6, 6.07) is 9.48. The van der Waals surface area contributed by atoms with Gasteiger partial charge in [-0.05, 0) is 54.9 Å². The summed E-state index contributed by atoms with van der Waals surface area (Å²) in [7, 11) is 0. The lowest BCUT2D eigenvalue weighted by atomic mass is 9.66. The molecule has 0 bridgehead atoms. The van der Waals surface area contributed by atoms with E-state index in [9.17, 15) is 9.59 Å². The van der Waals surface area contributed by atoms with Crippen LogP contribution in [0.25, 0.3) is 0 Å². The van der Waals surface area contributed by atoms with E-state index in [2.05, 4.69) is 11.4 Å². The molecule has 0 unspecified atom stereocenters. The van der Waals surface area contributed by atoms with Gasteiger partial charge >= 0.3 is 5.97 Å². The minimum atomic E-state index is -0.342. The van der Waals surface area contributed by atoms with E-state index in [-0.39, 0.29) is 39.8 Å². The van der Waals surface area contributed by atoms with Crippen molar-refractivity contribution in [3.8, 4) is 0 Å². The van der Waals surface area contributed by atoms with Gasteiger partial charge in [0.2, 0.25) is 5.91 Å². The number of carbonyl (C=O) groups is 2. The van der Waals surface area contributed by atoms with E-state index >= 15 is 0 Å². The van der Waals surface area contributed by atoms with Gasteiger partial charge in [0.25, 0.3) is 0 Å². The number of carbonyl (C=O) groups excluding carboxylic acids is 2. The van der Waals surface area contributed by atoms with Crippen molar-refractivity contribution in [3.63, 3.8) is 0 Å². The number of benzene rings is 1. The number of anilines is 1. The van der Waals surface area contributed by atoms with Crippen molar-refractivity contribution in [2.75, 3.05) is 16.8 Å². The molecule has 1 spiro atoms. The molecule has 2 saturated heterocycles. The highest BCUT2D eigenvalue weighted by Gasteiger charge is 2.60. The largest absolute Gasteiger partial charge is 0.461 e. The molecule has 2 aliphatic heterocycles. The third kappa shape index (κ3) is 2.92. The average Bonchev–Trinajstić information content (AvgIpc) is 3.04. The third-order valence-electron chi connectivity index (χ3n) is 6.25. The molecule has 3 fully saturated rings. The Morgan fingerprint density at radius 2 is 1.93 bits per heavy atom. The van der Waals surface area contributed by atoms with Crippen LogP contribution in [0, 0.1) is 17.8 Å². The van der Waals surface area contributed by atoms with E-state index in [1.165, 1.54) is 23.5 Å². The number of para-hydroxylation sites is 1. The van der Waals surface area contributed by atoms with Gasteiger partial charge in [0.05, 0.1) is 15.9 Å². The number of fused-ring (bicyclic) bond motifs is 1. The van der Waals surface area contributed by atoms with Gasteiger partial charge < -0.3 is 10.1 Å². The lowest BCUT2D eigenvalue weighted by molar-refractivity contribution is -0.147. The highest BCUT2D eigenvalue weighted by Crippen LogP contribution is 2.61. The van der Waals surface area contributed by atoms with Crippen molar-refractivity contribution in [2.24, 2.45) is 17.8 Å². The maximum absolute atomic E-state index is 13.0. The first kappa shape index (κ1) is 17.7. The number of esters is 1. The molecular weight excluding hydrogens is 378 g/mol. The summed E-state index contributed by atoms with van der Waals surface area (Å²) >= 11 is 4.09. The van der Waals surface area contributed by atoms with Crippen molar-refractivity contribution in [3.05, 3.63) is 42.0 Å². The Morgan fingerprint density at radius 1 is 1.15 bits per heavy atom. The first-order valence-electron chi connectivity index (χ1n) is 9.73. The van der Waals surface area contributed by atoms with Crippen LogP contribution >= 0.6 is 23.5 Å². The molecule has 2 heterocycles. The molecular formula is C21H23NO3S2. The van der Waals surface area contributed by atoms with Crippen LogP contribution in [0.1, 0.15) is 25.7 Å². The second-order valence-electron chi connectivity index (χ2n) is 7.73. The normalized spacial score (nSPS) is 33.8.